The van der Waals surface area contributed by atoms with Crippen LogP contribution >= 0.6 is 0 Å². The molecule has 0 atom stereocenters. The van der Waals surface area contributed by atoms with Crippen molar-refractivity contribution < 1.29 is 4.39 Å². The Morgan fingerprint density at radius 2 is 2.00 bits per heavy atom. The Labute approximate surface area is 113 Å². The molecule has 0 spiro atoms. The zero-order valence-corrected chi connectivity index (χ0v) is 10.6. The lowest BCUT2D eigenvalue weighted by atomic mass is 10.2. The average molecular weight is 273 g/mol. The number of halogens is 1. The molecular weight excluding hydrogens is 261 g/mol. The Morgan fingerprint density at radius 1 is 1.25 bits per heavy atom. The van der Waals surface area contributed by atoms with E-state index in [1.807, 2.05) is 7.05 Å². The standard InChI is InChI=1S/C12H12FN7/c1-20(8-4-2-7(13)3-5-8)11-9-6-15-19-10(9)16-12(17-11)18-14/h2-6H,14H2,1H3,(H2,15,16,17,18,19). The molecule has 0 saturated heterocycles. The van der Waals surface area contributed by atoms with Gasteiger partial charge in [-0.15, -0.1) is 0 Å². The zero-order chi connectivity index (χ0) is 14.1. The van der Waals surface area contributed by atoms with Gasteiger partial charge in [-0.1, -0.05) is 0 Å². The monoisotopic (exact) mass is 273 g/mol. The lowest BCUT2D eigenvalue weighted by Gasteiger charge is -2.19. The van der Waals surface area contributed by atoms with Gasteiger partial charge in [0.25, 0.3) is 0 Å². The molecule has 7 nitrogen and oxygen atoms in total. The molecule has 1 aromatic carbocycles. The van der Waals surface area contributed by atoms with Crippen molar-refractivity contribution in [2.75, 3.05) is 17.4 Å². The summed E-state index contributed by atoms with van der Waals surface area (Å²) in [7, 11) is 1.82. The molecule has 0 fully saturated rings. The number of hydrazine groups is 1. The lowest BCUT2D eigenvalue weighted by Crippen LogP contribution is -2.16. The van der Waals surface area contributed by atoms with Crippen LogP contribution in [0.4, 0.5) is 21.8 Å². The van der Waals surface area contributed by atoms with E-state index >= 15 is 0 Å². The summed E-state index contributed by atoms with van der Waals surface area (Å²) >= 11 is 0. The summed E-state index contributed by atoms with van der Waals surface area (Å²) in [6, 6.07) is 6.11. The topological polar surface area (TPSA) is 95.8 Å². The Kier molecular flexibility index (Phi) is 2.92. The van der Waals surface area contributed by atoms with Crippen LogP contribution in [-0.2, 0) is 0 Å². The number of fused-ring (bicyclic) bond motifs is 1. The molecule has 20 heavy (non-hydrogen) atoms. The molecule has 0 bridgehead atoms. The SMILES string of the molecule is CN(c1ccc(F)cc1)c1nc(NN)nc2[nH]ncc12. The number of hydrogen-bond acceptors (Lipinski definition) is 6. The maximum atomic E-state index is 13.0. The van der Waals surface area contributed by atoms with E-state index in [2.05, 4.69) is 25.6 Å². The summed E-state index contributed by atoms with van der Waals surface area (Å²) in [6.07, 6.45) is 1.63. The molecule has 2 heterocycles. The molecule has 0 aliphatic heterocycles. The maximum Gasteiger partial charge on any atom is 0.241 e. The van der Waals surface area contributed by atoms with Gasteiger partial charge in [-0.05, 0) is 24.3 Å². The van der Waals surface area contributed by atoms with Crippen LogP contribution in [0.5, 0.6) is 0 Å². The highest BCUT2D eigenvalue weighted by Gasteiger charge is 2.14. The minimum absolute atomic E-state index is 0.269. The minimum Gasteiger partial charge on any atom is -0.329 e. The van der Waals surface area contributed by atoms with Gasteiger partial charge in [0.2, 0.25) is 5.95 Å². The predicted molar refractivity (Wildman–Crippen MR) is 74.0 cm³/mol. The Bertz CT molecular complexity index is 737. The summed E-state index contributed by atoms with van der Waals surface area (Å²) in [5.41, 5.74) is 3.76. The van der Waals surface area contributed by atoms with Gasteiger partial charge in [-0.3, -0.25) is 10.5 Å². The summed E-state index contributed by atoms with van der Waals surface area (Å²) < 4.78 is 13.0. The number of hydrogen-bond donors (Lipinski definition) is 3. The largest absolute Gasteiger partial charge is 0.329 e. The van der Waals surface area contributed by atoms with E-state index in [9.17, 15) is 4.39 Å². The van der Waals surface area contributed by atoms with Crippen LogP contribution in [0.25, 0.3) is 11.0 Å². The van der Waals surface area contributed by atoms with Crippen molar-refractivity contribution >= 4 is 28.5 Å². The first-order valence-electron chi connectivity index (χ1n) is 5.86. The summed E-state index contributed by atoms with van der Waals surface area (Å²) in [4.78, 5) is 10.3. The van der Waals surface area contributed by atoms with Crippen LogP contribution in [0.3, 0.4) is 0 Å². The number of anilines is 3. The van der Waals surface area contributed by atoms with Crippen molar-refractivity contribution in [2.45, 2.75) is 0 Å². The van der Waals surface area contributed by atoms with Crippen LogP contribution in [0.15, 0.2) is 30.5 Å². The van der Waals surface area contributed by atoms with Gasteiger partial charge in [0, 0.05) is 12.7 Å². The van der Waals surface area contributed by atoms with E-state index in [1.54, 1.807) is 23.2 Å². The van der Waals surface area contributed by atoms with E-state index in [1.165, 1.54) is 12.1 Å². The lowest BCUT2D eigenvalue weighted by molar-refractivity contribution is 0.628. The van der Waals surface area contributed by atoms with Crippen LogP contribution in [0.1, 0.15) is 0 Å². The molecule has 102 valence electrons. The fraction of sp³-hybridized carbons (Fsp3) is 0.0833. The number of nitrogen functional groups attached to an aromatic ring is 1. The van der Waals surface area contributed by atoms with Crippen LogP contribution < -0.4 is 16.2 Å². The van der Waals surface area contributed by atoms with Crippen LogP contribution in [0.2, 0.25) is 0 Å². The van der Waals surface area contributed by atoms with Gasteiger partial charge in [0.15, 0.2) is 5.65 Å². The van der Waals surface area contributed by atoms with Crippen LogP contribution in [0, 0.1) is 5.82 Å². The first-order valence-corrected chi connectivity index (χ1v) is 5.86. The number of rotatable bonds is 3. The number of aromatic amines is 1. The molecule has 4 N–H and O–H groups in total. The molecule has 0 radical (unpaired) electrons. The van der Waals surface area contributed by atoms with Crippen molar-refractivity contribution in [3.8, 4) is 0 Å². The third kappa shape index (κ3) is 2.01. The van der Waals surface area contributed by atoms with Crippen molar-refractivity contribution in [3.05, 3.63) is 36.3 Å². The maximum absolute atomic E-state index is 13.0. The van der Waals surface area contributed by atoms with Crippen molar-refractivity contribution in [3.63, 3.8) is 0 Å². The highest BCUT2D eigenvalue weighted by atomic mass is 19.1. The molecule has 3 aromatic rings. The average Bonchev–Trinajstić information content (AvgIpc) is 2.94. The van der Waals surface area contributed by atoms with E-state index in [-0.39, 0.29) is 11.8 Å². The fourth-order valence-corrected chi connectivity index (χ4v) is 1.93. The summed E-state index contributed by atoms with van der Waals surface area (Å²) in [5, 5.41) is 7.46. The highest BCUT2D eigenvalue weighted by Crippen LogP contribution is 2.28. The highest BCUT2D eigenvalue weighted by molar-refractivity contribution is 5.89. The van der Waals surface area contributed by atoms with Gasteiger partial charge >= 0.3 is 0 Å². The van der Waals surface area contributed by atoms with Crippen LogP contribution in [-0.4, -0.2) is 27.2 Å². The quantitative estimate of drug-likeness (QED) is 0.495. The zero-order valence-electron chi connectivity index (χ0n) is 10.6. The first-order chi connectivity index (χ1) is 9.69. The number of benzene rings is 1. The molecule has 0 aliphatic carbocycles. The fourth-order valence-electron chi connectivity index (χ4n) is 1.93. The Morgan fingerprint density at radius 3 is 2.70 bits per heavy atom. The third-order valence-electron chi connectivity index (χ3n) is 2.95. The number of H-pyrrole nitrogens is 1. The van der Waals surface area contributed by atoms with Gasteiger partial charge < -0.3 is 4.90 Å². The summed E-state index contributed by atoms with van der Waals surface area (Å²) in [5.74, 6) is 5.95. The van der Waals surface area contributed by atoms with Gasteiger partial charge in [-0.25, -0.2) is 10.2 Å². The molecule has 3 rings (SSSR count). The molecule has 0 amide bonds. The van der Waals surface area contributed by atoms with E-state index in [0.717, 1.165) is 11.1 Å². The second kappa shape index (κ2) is 4.74. The molecule has 2 aromatic heterocycles. The normalized spacial score (nSPS) is 10.8. The second-order valence-electron chi connectivity index (χ2n) is 4.18. The van der Waals surface area contributed by atoms with Crippen molar-refractivity contribution in [1.82, 2.24) is 20.2 Å². The van der Waals surface area contributed by atoms with Crippen molar-refractivity contribution in [2.24, 2.45) is 5.84 Å². The molecule has 0 unspecified atom stereocenters. The van der Waals surface area contributed by atoms with Gasteiger partial charge in [-0.2, -0.15) is 15.1 Å². The van der Waals surface area contributed by atoms with Gasteiger partial charge in [0.05, 0.1) is 11.6 Å². The second-order valence-corrected chi connectivity index (χ2v) is 4.18. The predicted octanol–water partition coefficient (Wildman–Crippen LogP) is 1.55. The molecule has 0 aliphatic rings. The smallest absolute Gasteiger partial charge is 0.241 e. The summed E-state index contributed by atoms with van der Waals surface area (Å²) in [6.45, 7) is 0. The number of nitrogens with two attached hydrogens (primary N) is 1. The first kappa shape index (κ1) is 12.3. The Hall–Kier alpha value is -2.74. The van der Waals surface area contributed by atoms with E-state index < -0.39 is 0 Å². The number of nitrogens with zero attached hydrogens (tertiary/aromatic N) is 4. The van der Waals surface area contributed by atoms with Crippen molar-refractivity contribution in [1.29, 1.82) is 0 Å². The molecule has 0 saturated carbocycles. The molecule has 8 heteroatoms. The minimum atomic E-state index is -0.289. The molecular formula is C12H12FN7. The Balaban J connectivity index is 2.12. The third-order valence-corrected chi connectivity index (χ3v) is 2.95. The number of aromatic nitrogens is 4. The number of nitrogens with one attached hydrogen (secondary N) is 2. The van der Waals surface area contributed by atoms with Gasteiger partial charge in [0.1, 0.15) is 11.6 Å². The van der Waals surface area contributed by atoms with E-state index in [0.29, 0.717) is 11.5 Å². The van der Waals surface area contributed by atoms with E-state index in [4.69, 9.17) is 5.84 Å².